The summed E-state index contributed by atoms with van der Waals surface area (Å²) in [5.41, 5.74) is 22.1. The number of para-hydroxylation sites is 5. The molecule has 104 heavy (non-hydrogen) atoms. The molecule has 6 nitrogen and oxygen atoms in total. The summed E-state index contributed by atoms with van der Waals surface area (Å²) in [6.07, 6.45) is 0. The molecule has 25 rings (SSSR count). The minimum atomic E-state index is 0.912. The average molecular weight is 1360 g/mol. The summed E-state index contributed by atoms with van der Waals surface area (Å²) < 4.78 is 21.6. The molecule has 8 heteroatoms. The van der Waals surface area contributed by atoms with Crippen LogP contribution in [-0.2, 0) is 0 Å². The number of nitrogens with zero attached hydrogens (tertiary/aromatic N) is 5. The van der Waals surface area contributed by atoms with E-state index in [0.717, 1.165) is 50.4 Å². The van der Waals surface area contributed by atoms with Crippen LogP contribution in [0, 0.1) is 0 Å². The van der Waals surface area contributed by atoms with E-state index < -0.39 is 0 Å². The van der Waals surface area contributed by atoms with Crippen LogP contribution in [0.15, 0.2) is 338 Å². The lowest BCUT2D eigenvalue weighted by molar-refractivity contribution is 0.669. The fourth-order valence-corrected chi connectivity index (χ4v) is 20.7. The Morgan fingerprint density at radius 1 is 0.212 bits per heavy atom. The highest BCUT2D eigenvalue weighted by molar-refractivity contribution is 7.26. The predicted molar refractivity (Wildman–Crippen MR) is 443 cm³/mol. The van der Waals surface area contributed by atoms with Gasteiger partial charge in [-0.05, 0) is 203 Å². The first-order valence-corrected chi connectivity index (χ1v) is 37.2. The van der Waals surface area contributed by atoms with Crippen molar-refractivity contribution in [2.24, 2.45) is 0 Å². The van der Waals surface area contributed by atoms with E-state index in [1.807, 2.05) is 28.7 Å². The highest BCUT2D eigenvalue weighted by Gasteiger charge is 2.30. The van der Waals surface area contributed by atoms with Gasteiger partial charge in [-0.1, -0.05) is 164 Å². The number of rotatable bonds is 8. The standard InChI is InChI=1S/C48H29N3S.C48H26N2OS/c1-4-12-30(13-5-1)49(31-14-6-2-7-15-31)33-22-24-34(25-23-33)51-39-27-26-38-45-43-35(18-10-20-37(43)50(38)32-16-8-3-9-17-32)36-19-11-21-41-44(36)48-42(52-41)29-28-40(51)47(48)46(39)45;1-2-11-28(12-3-1)49-34-18-7-16-31-32-17-9-21-40-44(32)48-41(52-40)25-24-37-47(48)46-36(23-22-35(49)45(46)43(31)34)50(37)29-13-6-10-27(26-29)30-15-8-20-39-42(30)33-14-4-5-19-38(33)51-39/h1-29H;1-26H. The molecule has 7 aromatic heterocycles. The number of fused-ring (bicyclic) bond motifs is 5. The molecule has 482 valence electrons. The highest BCUT2D eigenvalue weighted by Crippen LogP contribution is 2.55. The van der Waals surface area contributed by atoms with Gasteiger partial charge >= 0.3 is 0 Å². The molecule has 0 aliphatic heterocycles. The topological polar surface area (TPSA) is 36.1 Å². The van der Waals surface area contributed by atoms with Gasteiger partial charge in [0.2, 0.25) is 0 Å². The van der Waals surface area contributed by atoms with Gasteiger partial charge in [-0.2, -0.15) is 0 Å². The lowest BCUT2D eigenvalue weighted by Crippen LogP contribution is -2.09. The number of furan rings is 1. The van der Waals surface area contributed by atoms with Gasteiger partial charge < -0.3 is 27.6 Å². The van der Waals surface area contributed by atoms with E-state index in [1.54, 1.807) is 0 Å². The smallest absolute Gasteiger partial charge is 0.136 e. The van der Waals surface area contributed by atoms with Crippen LogP contribution >= 0.6 is 22.7 Å². The third kappa shape index (κ3) is 7.61. The summed E-state index contributed by atoms with van der Waals surface area (Å²) in [7, 11) is 0. The normalized spacial score (nSPS) is 12.4. The second kappa shape index (κ2) is 21.2. The Labute approximate surface area is 601 Å². The first-order valence-electron chi connectivity index (χ1n) is 35.6. The molecule has 25 aromatic rings. The monoisotopic (exact) mass is 1360 g/mol. The molecule has 0 fully saturated rings. The zero-order valence-corrected chi connectivity index (χ0v) is 57.3. The van der Waals surface area contributed by atoms with Crippen molar-refractivity contribution >= 4 is 211 Å². The molecule has 0 bridgehead atoms. The number of hydrogen-bond donors (Lipinski definition) is 0. The molecule has 18 aromatic carbocycles. The van der Waals surface area contributed by atoms with Gasteiger partial charge in [0.25, 0.3) is 0 Å². The van der Waals surface area contributed by atoms with Crippen molar-refractivity contribution < 1.29 is 4.42 Å². The molecule has 0 spiro atoms. The summed E-state index contributed by atoms with van der Waals surface area (Å²) in [6, 6.07) is 122. The molecule has 0 radical (unpaired) electrons. The summed E-state index contributed by atoms with van der Waals surface area (Å²) in [6.45, 7) is 0. The highest BCUT2D eigenvalue weighted by atomic mass is 32.1. The molecule has 7 heterocycles. The Morgan fingerprint density at radius 2 is 0.558 bits per heavy atom. The first kappa shape index (κ1) is 56.5. The fourth-order valence-electron chi connectivity index (χ4n) is 18.4. The summed E-state index contributed by atoms with van der Waals surface area (Å²) in [5.74, 6) is 0. The largest absolute Gasteiger partial charge is 0.456 e. The predicted octanol–water partition coefficient (Wildman–Crippen LogP) is 27.6. The van der Waals surface area contributed by atoms with Crippen LogP contribution in [0.25, 0.3) is 205 Å². The number of benzene rings is 16. The zero-order chi connectivity index (χ0) is 67.6. The summed E-state index contributed by atoms with van der Waals surface area (Å²) in [4.78, 5) is 2.32. The van der Waals surface area contributed by atoms with E-state index in [2.05, 4.69) is 351 Å². The van der Waals surface area contributed by atoms with E-state index in [1.165, 1.54) is 172 Å². The van der Waals surface area contributed by atoms with E-state index in [4.69, 9.17) is 4.42 Å². The van der Waals surface area contributed by atoms with E-state index in [-0.39, 0.29) is 0 Å². The molecule has 0 aliphatic carbocycles. The maximum Gasteiger partial charge on any atom is 0.136 e. The molecule has 0 amide bonds. The zero-order valence-electron chi connectivity index (χ0n) is 55.7. The Kier molecular flexibility index (Phi) is 11.5. The molecule has 0 saturated heterocycles. The van der Waals surface area contributed by atoms with Crippen molar-refractivity contribution in [2.45, 2.75) is 0 Å². The van der Waals surface area contributed by atoms with Gasteiger partial charge in [-0.3, -0.25) is 0 Å². The third-order valence-electron chi connectivity index (χ3n) is 22.4. The second-order valence-corrected chi connectivity index (χ2v) is 29.9. The van der Waals surface area contributed by atoms with Crippen molar-refractivity contribution in [3.8, 4) is 33.9 Å². The van der Waals surface area contributed by atoms with Gasteiger partial charge in [0, 0.05) is 134 Å². The van der Waals surface area contributed by atoms with Gasteiger partial charge in [0.05, 0.1) is 44.1 Å². The number of anilines is 3. The van der Waals surface area contributed by atoms with Crippen molar-refractivity contribution in [3.63, 3.8) is 0 Å². The summed E-state index contributed by atoms with van der Waals surface area (Å²) >= 11 is 3.82. The molecule has 0 N–H and O–H groups in total. The van der Waals surface area contributed by atoms with Gasteiger partial charge in [-0.25, -0.2) is 0 Å². The number of thiophene rings is 2. The van der Waals surface area contributed by atoms with Crippen LogP contribution in [-0.4, -0.2) is 18.3 Å². The molecule has 0 saturated carbocycles. The van der Waals surface area contributed by atoms with Crippen LogP contribution in [0.2, 0.25) is 0 Å². The lowest BCUT2D eigenvalue weighted by atomic mass is 9.95. The van der Waals surface area contributed by atoms with Crippen molar-refractivity contribution in [3.05, 3.63) is 334 Å². The third-order valence-corrected chi connectivity index (χ3v) is 24.7. The number of hydrogen-bond acceptors (Lipinski definition) is 4. The average Bonchev–Trinajstić information content (AvgIpc) is 1.52. The number of aromatic nitrogens is 4. The van der Waals surface area contributed by atoms with Crippen LogP contribution in [0.5, 0.6) is 0 Å². The van der Waals surface area contributed by atoms with E-state index >= 15 is 0 Å². The van der Waals surface area contributed by atoms with Crippen LogP contribution in [0.1, 0.15) is 0 Å². The van der Waals surface area contributed by atoms with Crippen molar-refractivity contribution in [1.82, 2.24) is 18.3 Å². The Hall–Kier alpha value is -13.2. The Bertz CT molecular complexity index is 7720. The van der Waals surface area contributed by atoms with E-state index in [0.29, 0.717) is 0 Å². The quantitative estimate of drug-likeness (QED) is 0.152. The summed E-state index contributed by atoms with van der Waals surface area (Å²) in [5, 5.41) is 23.6. The molecule has 0 unspecified atom stereocenters. The Balaban J connectivity index is 0.000000124. The van der Waals surface area contributed by atoms with Crippen LogP contribution < -0.4 is 4.90 Å². The van der Waals surface area contributed by atoms with Crippen molar-refractivity contribution in [1.29, 1.82) is 0 Å². The molecule has 0 aliphatic rings. The van der Waals surface area contributed by atoms with Gasteiger partial charge in [0.15, 0.2) is 0 Å². The molecular weight excluding hydrogens is 1300 g/mol. The van der Waals surface area contributed by atoms with Crippen molar-refractivity contribution in [2.75, 3.05) is 4.90 Å². The van der Waals surface area contributed by atoms with Gasteiger partial charge in [0.1, 0.15) is 11.2 Å². The maximum absolute atomic E-state index is 6.31. The lowest BCUT2D eigenvalue weighted by Gasteiger charge is -2.25. The minimum Gasteiger partial charge on any atom is -0.456 e. The fraction of sp³-hybridized carbons (Fsp3) is 0. The van der Waals surface area contributed by atoms with Crippen LogP contribution in [0.3, 0.4) is 0 Å². The first-order chi connectivity index (χ1) is 51.6. The van der Waals surface area contributed by atoms with Crippen LogP contribution in [0.4, 0.5) is 17.1 Å². The maximum atomic E-state index is 6.31. The molecule has 0 atom stereocenters. The van der Waals surface area contributed by atoms with Gasteiger partial charge in [-0.15, -0.1) is 22.7 Å². The Morgan fingerprint density at radius 3 is 1.08 bits per heavy atom. The minimum absolute atomic E-state index is 0.912. The second-order valence-electron chi connectivity index (χ2n) is 27.7. The molecular formula is C96H55N5OS2. The van der Waals surface area contributed by atoms with E-state index in [9.17, 15) is 0 Å². The SMILES string of the molecule is c1ccc(-n2c3cccc4c5cccc6sc7ccc8c(c7c65)c5c(c43)c2ccc5n8-c2cccc(-c3cccc4oc5ccccc5c34)c2)cc1.c1ccc(N(c2ccccc2)c2ccc(-n3c4ccc5sc6cccc7c8cccc9c8c8c(c4c5c67)c3ccc8n9-c3ccccc3)cc2)cc1.